The smallest absolute Gasteiger partial charge is 0.0178 e. The molecule has 2 heteroatoms. The molecule has 0 aliphatic rings. The summed E-state index contributed by atoms with van der Waals surface area (Å²) in [6.45, 7) is 2.88. The Bertz CT molecular complexity index is 260. The van der Waals surface area contributed by atoms with Gasteiger partial charge in [-0.15, -0.1) is 11.8 Å². The number of hydrogen-bond donors (Lipinski definition) is 1. The number of benzene rings is 1. The van der Waals surface area contributed by atoms with Crippen LogP contribution in [0.1, 0.15) is 31.7 Å². The van der Waals surface area contributed by atoms with Gasteiger partial charge >= 0.3 is 0 Å². The van der Waals surface area contributed by atoms with Gasteiger partial charge in [0.15, 0.2) is 0 Å². The Hall–Kier alpha value is -0.470. The molecule has 0 aliphatic carbocycles. The normalized spacial score (nSPS) is 10.4. The van der Waals surface area contributed by atoms with Crippen molar-refractivity contribution in [1.82, 2.24) is 0 Å². The molecule has 0 atom stereocenters. The van der Waals surface area contributed by atoms with Gasteiger partial charge in [-0.3, -0.25) is 0 Å². The second-order valence-corrected chi connectivity index (χ2v) is 4.58. The van der Waals surface area contributed by atoms with Crippen molar-refractivity contribution in [1.29, 1.82) is 0 Å². The standard InChI is InChI=1S/C12H19NS/c1-2-3-4-8-14-12-7-5-6-11(9-12)10-13/h5-7,9H,2-4,8,10,13H2,1H3. The van der Waals surface area contributed by atoms with E-state index in [1.807, 2.05) is 11.8 Å². The Morgan fingerprint density at radius 2 is 2.14 bits per heavy atom. The second-order valence-electron chi connectivity index (χ2n) is 3.41. The minimum atomic E-state index is 0.642. The molecule has 0 aromatic heterocycles. The first kappa shape index (κ1) is 11.6. The molecule has 0 radical (unpaired) electrons. The molecule has 0 bridgehead atoms. The van der Waals surface area contributed by atoms with Gasteiger partial charge in [-0.25, -0.2) is 0 Å². The number of nitrogens with two attached hydrogens (primary N) is 1. The van der Waals surface area contributed by atoms with Crippen molar-refractivity contribution in [3.05, 3.63) is 29.8 Å². The highest BCUT2D eigenvalue weighted by Crippen LogP contribution is 2.20. The largest absolute Gasteiger partial charge is 0.326 e. The zero-order valence-electron chi connectivity index (χ0n) is 8.83. The number of rotatable bonds is 6. The van der Waals surface area contributed by atoms with Gasteiger partial charge in [0.05, 0.1) is 0 Å². The quantitative estimate of drug-likeness (QED) is 0.574. The van der Waals surface area contributed by atoms with Crippen molar-refractivity contribution < 1.29 is 0 Å². The maximum atomic E-state index is 5.59. The van der Waals surface area contributed by atoms with Crippen LogP contribution in [0.25, 0.3) is 0 Å². The van der Waals surface area contributed by atoms with E-state index in [0.717, 1.165) is 0 Å². The molecule has 1 aromatic carbocycles. The summed E-state index contributed by atoms with van der Waals surface area (Å²) in [6, 6.07) is 8.52. The Balaban J connectivity index is 2.34. The summed E-state index contributed by atoms with van der Waals surface area (Å²) >= 11 is 1.93. The molecule has 78 valence electrons. The molecule has 0 amide bonds. The predicted molar refractivity (Wildman–Crippen MR) is 64.6 cm³/mol. The molecular formula is C12H19NS. The maximum Gasteiger partial charge on any atom is 0.0178 e. The van der Waals surface area contributed by atoms with Gasteiger partial charge < -0.3 is 5.73 Å². The van der Waals surface area contributed by atoms with Crippen molar-refractivity contribution in [3.8, 4) is 0 Å². The first-order valence-corrected chi connectivity index (χ1v) is 6.27. The van der Waals surface area contributed by atoms with Crippen LogP contribution in [0.3, 0.4) is 0 Å². The Morgan fingerprint density at radius 3 is 2.86 bits per heavy atom. The lowest BCUT2D eigenvalue weighted by Crippen LogP contribution is -1.95. The molecule has 1 aromatic rings. The molecule has 0 unspecified atom stereocenters. The molecule has 0 spiro atoms. The van der Waals surface area contributed by atoms with Gasteiger partial charge in [-0.05, 0) is 29.9 Å². The first-order valence-electron chi connectivity index (χ1n) is 5.28. The molecule has 0 saturated carbocycles. The van der Waals surface area contributed by atoms with Crippen LogP contribution in [0.15, 0.2) is 29.2 Å². The van der Waals surface area contributed by atoms with Gasteiger partial charge in [0.25, 0.3) is 0 Å². The molecule has 1 rings (SSSR count). The number of thioether (sulfide) groups is 1. The highest BCUT2D eigenvalue weighted by Gasteiger charge is 1.95. The minimum Gasteiger partial charge on any atom is -0.326 e. The summed E-state index contributed by atoms with van der Waals surface area (Å²) in [6.07, 6.45) is 3.95. The number of hydrogen-bond acceptors (Lipinski definition) is 2. The van der Waals surface area contributed by atoms with Crippen LogP contribution in [-0.2, 0) is 6.54 Å². The van der Waals surface area contributed by atoms with Gasteiger partial charge in [-0.1, -0.05) is 31.9 Å². The molecule has 0 fully saturated rings. The lowest BCUT2D eigenvalue weighted by Gasteiger charge is -2.03. The number of unbranched alkanes of at least 4 members (excludes halogenated alkanes) is 2. The molecular weight excluding hydrogens is 190 g/mol. The van der Waals surface area contributed by atoms with Crippen LogP contribution in [-0.4, -0.2) is 5.75 Å². The topological polar surface area (TPSA) is 26.0 Å². The maximum absolute atomic E-state index is 5.59. The fraction of sp³-hybridized carbons (Fsp3) is 0.500. The minimum absolute atomic E-state index is 0.642. The van der Waals surface area contributed by atoms with E-state index in [2.05, 4.69) is 31.2 Å². The fourth-order valence-corrected chi connectivity index (χ4v) is 2.30. The van der Waals surface area contributed by atoms with E-state index in [9.17, 15) is 0 Å². The van der Waals surface area contributed by atoms with Crippen LogP contribution in [0.2, 0.25) is 0 Å². The van der Waals surface area contributed by atoms with Crippen molar-refractivity contribution in [2.24, 2.45) is 5.73 Å². The van der Waals surface area contributed by atoms with E-state index in [-0.39, 0.29) is 0 Å². The molecule has 2 N–H and O–H groups in total. The zero-order valence-corrected chi connectivity index (χ0v) is 9.65. The van der Waals surface area contributed by atoms with Gasteiger partial charge in [0, 0.05) is 11.4 Å². The van der Waals surface area contributed by atoms with E-state index in [1.165, 1.54) is 35.5 Å². The highest BCUT2D eigenvalue weighted by molar-refractivity contribution is 7.99. The van der Waals surface area contributed by atoms with E-state index in [0.29, 0.717) is 6.54 Å². The lowest BCUT2D eigenvalue weighted by atomic mass is 10.2. The van der Waals surface area contributed by atoms with Crippen molar-refractivity contribution in [3.63, 3.8) is 0 Å². The highest BCUT2D eigenvalue weighted by atomic mass is 32.2. The summed E-state index contributed by atoms with van der Waals surface area (Å²) < 4.78 is 0. The van der Waals surface area contributed by atoms with Crippen molar-refractivity contribution in [2.45, 2.75) is 37.6 Å². The third kappa shape index (κ3) is 4.16. The SMILES string of the molecule is CCCCCSc1cccc(CN)c1. The van der Waals surface area contributed by atoms with Crippen LogP contribution >= 0.6 is 11.8 Å². The molecule has 0 saturated heterocycles. The third-order valence-corrected chi connectivity index (χ3v) is 3.23. The molecule has 0 aliphatic heterocycles. The van der Waals surface area contributed by atoms with Crippen LogP contribution in [0.5, 0.6) is 0 Å². The van der Waals surface area contributed by atoms with Crippen LogP contribution in [0.4, 0.5) is 0 Å². The van der Waals surface area contributed by atoms with Crippen LogP contribution in [0, 0.1) is 0 Å². The summed E-state index contributed by atoms with van der Waals surface area (Å²) in [4.78, 5) is 1.35. The monoisotopic (exact) mass is 209 g/mol. The second kappa shape index (κ2) is 6.91. The Labute approximate surface area is 91.1 Å². The van der Waals surface area contributed by atoms with E-state index in [1.54, 1.807) is 0 Å². The van der Waals surface area contributed by atoms with Gasteiger partial charge in [0.1, 0.15) is 0 Å². The first-order chi connectivity index (χ1) is 6.86. The summed E-state index contributed by atoms with van der Waals surface area (Å²) in [5.41, 5.74) is 6.81. The third-order valence-electron chi connectivity index (χ3n) is 2.15. The Morgan fingerprint density at radius 1 is 1.29 bits per heavy atom. The molecule has 1 nitrogen and oxygen atoms in total. The summed E-state index contributed by atoms with van der Waals surface area (Å²) in [5.74, 6) is 1.22. The van der Waals surface area contributed by atoms with Crippen molar-refractivity contribution >= 4 is 11.8 Å². The average Bonchev–Trinajstić information content (AvgIpc) is 2.25. The predicted octanol–water partition coefficient (Wildman–Crippen LogP) is 3.43. The van der Waals surface area contributed by atoms with Crippen LogP contribution < -0.4 is 5.73 Å². The van der Waals surface area contributed by atoms with Crippen molar-refractivity contribution in [2.75, 3.05) is 5.75 Å². The van der Waals surface area contributed by atoms with E-state index < -0.39 is 0 Å². The summed E-state index contributed by atoms with van der Waals surface area (Å²) in [5, 5.41) is 0. The van der Waals surface area contributed by atoms with Gasteiger partial charge in [0.2, 0.25) is 0 Å². The van der Waals surface area contributed by atoms with E-state index >= 15 is 0 Å². The summed E-state index contributed by atoms with van der Waals surface area (Å²) in [7, 11) is 0. The molecule has 14 heavy (non-hydrogen) atoms. The fourth-order valence-electron chi connectivity index (χ4n) is 1.30. The average molecular weight is 209 g/mol. The lowest BCUT2D eigenvalue weighted by molar-refractivity contribution is 0.778. The molecule has 0 heterocycles. The zero-order chi connectivity index (χ0) is 10.2. The van der Waals surface area contributed by atoms with E-state index in [4.69, 9.17) is 5.73 Å². The van der Waals surface area contributed by atoms with Gasteiger partial charge in [-0.2, -0.15) is 0 Å². The Kier molecular flexibility index (Phi) is 5.72.